The first-order valence-corrected chi connectivity index (χ1v) is 12.7. The SMILES string of the molecule is CC1COC(c2ccc(O[C@H]3CCC[C@H](C(=O)O)C3)cc2)=C1NC(=O)O[C@H](C)c1ccccc1Br. The molecule has 0 spiro atoms. The van der Waals surface area contributed by atoms with Crippen LogP contribution in [0.4, 0.5) is 4.79 Å². The zero-order valence-corrected chi connectivity index (χ0v) is 21.4. The van der Waals surface area contributed by atoms with Crippen molar-refractivity contribution in [3.05, 3.63) is 69.8 Å². The van der Waals surface area contributed by atoms with E-state index < -0.39 is 18.2 Å². The number of alkyl carbamates (subject to hydrolysis) is 1. The average Bonchev–Trinajstić information content (AvgIpc) is 3.19. The van der Waals surface area contributed by atoms with Gasteiger partial charge in [0, 0.05) is 21.5 Å². The fourth-order valence-electron chi connectivity index (χ4n) is 4.53. The highest BCUT2D eigenvalue weighted by Crippen LogP contribution is 2.33. The third-order valence-corrected chi connectivity index (χ3v) is 7.20. The third kappa shape index (κ3) is 6.17. The van der Waals surface area contributed by atoms with Crippen molar-refractivity contribution in [1.29, 1.82) is 0 Å². The zero-order valence-electron chi connectivity index (χ0n) is 19.8. The van der Waals surface area contributed by atoms with E-state index in [1.165, 1.54) is 0 Å². The smallest absolute Gasteiger partial charge is 0.412 e. The number of amides is 1. The van der Waals surface area contributed by atoms with Crippen molar-refractivity contribution in [1.82, 2.24) is 5.32 Å². The Morgan fingerprint density at radius 1 is 1.14 bits per heavy atom. The molecule has 2 aromatic carbocycles. The Morgan fingerprint density at radius 3 is 2.60 bits per heavy atom. The Kier molecular flexibility index (Phi) is 8.00. The first-order chi connectivity index (χ1) is 16.8. The van der Waals surface area contributed by atoms with Crippen molar-refractivity contribution in [2.24, 2.45) is 11.8 Å². The Morgan fingerprint density at radius 2 is 1.89 bits per heavy atom. The molecule has 0 radical (unpaired) electrons. The third-order valence-electron chi connectivity index (χ3n) is 6.47. The lowest BCUT2D eigenvalue weighted by Gasteiger charge is -2.27. The lowest BCUT2D eigenvalue weighted by atomic mass is 9.87. The minimum Gasteiger partial charge on any atom is -0.490 e. The van der Waals surface area contributed by atoms with Crippen LogP contribution in [-0.2, 0) is 14.3 Å². The molecule has 2 aromatic rings. The van der Waals surface area contributed by atoms with Crippen LogP contribution < -0.4 is 10.1 Å². The number of halogens is 1. The summed E-state index contributed by atoms with van der Waals surface area (Å²) in [6.07, 6.45) is 1.87. The largest absolute Gasteiger partial charge is 0.490 e. The molecule has 1 unspecified atom stereocenters. The van der Waals surface area contributed by atoms with Gasteiger partial charge in [0.1, 0.15) is 17.6 Å². The normalized spacial score (nSPS) is 22.8. The van der Waals surface area contributed by atoms with Gasteiger partial charge < -0.3 is 19.3 Å². The number of hydrogen-bond acceptors (Lipinski definition) is 5. The number of benzene rings is 2. The second kappa shape index (κ2) is 11.2. The molecule has 1 fully saturated rings. The summed E-state index contributed by atoms with van der Waals surface area (Å²) < 4.78 is 18.4. The molecule has 186 valence electrons. The molecule has 1 aliphatic carbocycles. The van der Waals surface area contributed by atoms with Crippen LogP contribution in [0.1, 0.15) is 56.8 Å². The van der Waals surface area contributed by atoms with Gasteiger partial charge in [-0.05, 0) is 62.9 Å². The molecule has 1 amide bonds. The summed E-state index contributed by atoms with van der Waals surface area (Å²) in [5.74, 6) is 0.205. The molecule has 35 heavy (non-hydrogen) atoms. The molecule has 0 saturated heterocycles. The van der Waals surface area contributed by atoms with E-state index in [1.54, 1.807) is 0 Å². The molecule has 4 atom stereocenters. The van der Waals surface area contributed by atoms with Gasteiger partial charge in [0.2, 0.25) is 0 Å². The summed E-state index contributed by atoms with van der Waals surface area (Å²) in [5, 5.41) is 12.2. The van der Waals surface area contributed by atoms with Gasteiger partial charge in [0.25, 0.3) is 0 Å². The van der Waals surface area contributed by atoms with Gasteiger partial charge in [0.15, 0.2) is 0 Å². The summed E-state index contributed by atoms with van der Waals surface area (Å²) >= 11 is 3.49. The van der Waals surface area contributed by atoms with E-state index >= 15 is 0 Å². The van der Waals surface area contributed by atoms with E-state index in [1.807, 2.05) is 62.4 Å². The number of aliphatic carboxylic acids is 1. The van der Waals surface area contributed by atoms with Crippen LogP contribution in [0.3, 0.4) is 0 Å². The second-order valence-electron chi connectivity index (χ2n) is 9.11. The fourth-order valence-corrected chi connectivity index (χ4v) is 5.14. The lowest BCUT2D eigenvalue weighted by Crippen LogP contribution is -2.29. The second-order valence-corrected chi connectivity index (χ2v) is 9.97. The lowest BCUT2D eigenvalue weighted by molar-refractivity contribution is -0.143. The number of ether oxygens (including phenoxy) is 3. The van der Waals surface area contributed by atoms with Crippen molar-refractivity contribution in [3.8, 4) is 5.75 Å². The predicted molar refractivity (Wildman–Crippen MR) is 135 cm³/mol. The van der Waals surface area contributed by atoms with Crippen LogP contribution in [-0.4, -0.2) is 29.9 Å². The summed E-state index contributed by atoms with van der Waals surface area (Å²) in [4.78, 5) is 24.0. The first-order valence-electron chi connectivity index (χ1n) is 11.9. The molecule has 7 nitrogen and oxygen atoms in total. The number of nitrogens with one attached hydrogen (secondary N) is 1. The molecular weight excluding hydrogens is 514 g/mol. The highest BCUT2D eigenvalue weighted by Gasteiger charge is 2.29. The van der Waals surface area contributed by atoms with E-state index in [4.69, 9.17) is 14.2 Å². The number of carboxylic acid groups (broad SMARTS) is 1. The van der Waals surface area contributed by atoms with E-state index in [2.05, 4.69) is 21.2 Å². The minimum atomic E-state index is -0.752. The average molecular weight is 544 g/mol. The molecule has 4 rings (SSSR count). The molecule has 1 aliphatic heterocycles. The molecule has 1 heterocycles. The van der Waals surface area contributed by atoms with Crippen molar-refractivity contribution < 1.29 is 28.9 Å². The van der Waals surface area contributed by atoms with E-state index in [0.29, 0.717) is 36.7 Å². The van der Waals surface area contributed by atoms with Gasteiger partial charge in [-0.25, -0.2) is 4.79 Å². The Balaban J connectivity index is 1.41. The molecule has 2 aliphatic rings. The Labute approximate surface area is 213 Å². The molecule has 1 saturated carbocycles. The van der Waals surface area contributed by atoms with Gasteiger partial charge in [-0.15, -0.1) is 0 Å². The number of carbonyl (C=O) groups is 2. The van der Waals surface area contributed by atoms with Crippen molar-refractivity contribution >= 4 is 33.8 Å². The van der Waals surface area contributed by atoms with E-state index in [9.17, 15) is 14.7 Å². The maximum absolute atomic E-state index is 12.7. The highest BCUT2D eigenvalue weighted by molar-refractivity contribution is 9.10. The maximum Gasteiger partial charge on any atom is 0.412 e. The van der Waals surface area contributed by atoms with E-state index in [0.717, 1.165) is 28.4 Å². The maximum atomic E-state index is 12.7. The number of rotatable bonds is 7. The Hall–Kier alpha value is -3.00. The van der Waals surface area contributed by atoms with E-state index in [-0.39, 0.29) is 17.9 Å². The monoisotopic (exact) mass is 543 g/mol. The molecule has 8 heteroatoms. The van der Waals surface area contributed by atoms with Crippen molar-refractivity contribution in [2.75, 3.05) is 6.61 Å². The predicted octanol–water partition coefficient (Wildman–Crippen LogP) is 6.29. The van der Waals surface area contributed by atoms with Gasteiger partial charge >= 0.3 is 12.1 Å². The number of carbonyl (C=O) groups excluding carboxylic acids is 1. The zero-order chi connectivity index (χ0) is 24.9. The fraction of sp³-hybridized carbons (Fsp3) is 0.407. The summed E-state index contributed by atoms with van der Waals surface area (Å²) in [6, 6.07) is 15.1. The standard InChI is InChI=1S/C27H30BrNO6/c1-16-15-33-25(24(16)29-27(32)34-17(2)22-8-3-4-9-23(22)28)18-10-12-20(13-11-18)35-21-7-5-6-19(14-21)26(30)31/h3-4,8-13,16-17,19,21H,5-7,14-15H2,1-2H3,(H,29,32)(H,30,31)/t16?,17-,19+,21+/m1/s1. The highest BCUT2D eigenvalue weighted by atomic mass is 79.9. The number of hydrogen-bond donors (Lipinski definition) is 2. The van der Waals surface area contributed by atoms with Gasteiger partial charge in [-0.3, -0.25) is 10.1 Å². The van der Waals surface area contributed by atoms with Crippen LogP contribution in [0.2, 0.25) is 0 Å². The summed E-state index contributed by atoms with van der Waals surface area (Å²) in [5.41, 5.74) is 2.39. The van der Waals surface area contributed by atoms with Gasteiger partial charge in [-0.1, -0.05) is 41.1 Å². The topological polar surface area (TPSA) is 94.1 Å². The first kappa shape index (κ1) is 25.1. The van der Waals surface area contributed by atoms with Crippen LogP contribution in [0.15, 0.2) is 58.7 Å². The van der Waals surface area contributed by atoms with Gasteiger partial charge in [0.05, 0.1) is 24.3 Å². The Bertz CT molecular complexity index is 1100. The molecule has 0 aromatic heterocycles. The van der Waals surface area contributed by atoms with Crippen molar-refractivity contribution in [3.63, 3.8) is 0 Å². The quantitative estimate of drug-likeness (QED) is 0.425. The van der Waals surface area contributed by atoms with Crippen LogP contribution in [0.25, 0.3) is 5.76 Å². The van der Waals surface area contributed by atoms with Crippen LogP contribution in [0, 0.1) is 11.8 Å². The minimum absolute atomic E-state index is 0.00225. The van der Waals surface area contributed by atoms with Crippen LogP contribution in [0.5, 0.6) is 5.75 Å². The molecule has 0 bridgehead atoms. The molecule has 2 N–H and O–H groups in total. The number of carboxylic acids is 1. The van der Waals surface area contributed by atoms with Crippen molar-refractivity contribution in [2.45, 2.75) is 51.7 Å². The summed E-state index contributed by atoms with van der Waals surface area (Å²) in [6.45, 7) is 4.27. The van der Waals surface area contributed by atoms with Gasteiger partial charge in [-0.2, -0.15) is 0 Å². The van der Waals surface area contributed by atoms with Crippen LogP contribution >= 0.6 is 15.9 Å². The molecular formula is C27H30BrNO6. The summed E-state index contributed by atoms with van der Waals surface area (Å²) in [7, 11) is 0.